The average molecular weight is 522 g/mol. The number of ether oxygens (including phenoxy) is 1. The maximum absolute atomic E-state index is 13.1. The molecule has 0 unspecified atom stereocenters. The summed E-state index contributed by atoms with van der Waals surface area (Å²) in [6, 6.07) is 11.1. The van der Waals surface area contributed by atoms with Crippen LogP contribution in [0.15, 0.2) is 48.7 Å². The van der Waals surface area contributed by atoms with Gasteiger partial charge in [-0.1, -0.05) is 29.3 Å². The third-order valence-electron chi connectivity index (χ3n) is 4.82. The van der Waals surface area contributed by atoms with Gasteiger partial charge in [-0.3, -0.25) is 9.78 Å². The summed E-state index contributed by atoms with van der Waals surface area (Å²) in [5.41, 5.74) is -1.03. The third kappa shape index (κ3) is 5.91. The lowest BCUT2D eigenvalue weighted by molar-refractivity contribution is -0.141. The fourth-order valence-corrected chi connectivity index (χ4v) is 3.66. The van der Waals surface area contributed by atoms with Crippen LogP contribution in [0.2, 0.25) is 10.0 Å². The van der Waals surface area contributed by atoms with Crippen molar-refractivity contribution in [3.8, 4) is 17.2 Å². The van der Waals surface area contributed by atoms with E-state index in [-0.39, 0.29) is 56.7 Å². The van der Waals surface area contributed by atoms with Crippen molar-refractivity contribution < 1.29 is 27.5 Å². The first-order valence-electron chi connectivity index (χ1n) is 10.1. The molecule has 2 aromatic carbocycles. The number of halogens is 5. The molecule has 0 aliphatic rings. The van der Waals surface area contributed by atoms with Crippen LogP contribution in [0, 0.1) is 11.3 Å². The Kier molecular flexibility index (Phi) is 7.99. The second kappa shape index (κ2) is 10.8. The van der Waals surface area contributed by atoms with Crippen molar-refractivity contribution in [2.45, 2.75) is 13.1 Å². The van der Waals surface area contributed by atoms with Gasteiger partial charge in [0.1, 0.15) is 5.69 Å². The summed E-state index contributed by atoms with van der Waals surface area (Å²) < 4.78 is 44.1. The number of aromatic nitrogens is 1. The minimum atomic E-state index is -4.74. The molecule has 0 amide bonds. The predicted octanol–water partition coefficient (Wildman–Crippen LogP) is 6.42. The van der Waals surface area contributed by atoms with E-state index in [0.717, 1.165) is 6.20 Å². The number of rotatable bonds is 7. The molecule has 0 saturated heterocycles. The molecule has 0 bridgehead atoms. The summed E-state index contributed by atoms with van der Waals surface area (Å²) >= 11 is 12.3. The Morgan fingerprint density at radius 3 is 2.51 bits per heavy atom. The molecular formula is C24H16Cl2F3N3O3. The van der Waals surface area contributed by atoms with Crippen molar-refractivity contribution in [3.05, 3.63) is 81.1 Å². The molecule has 0 fully saturated rings. The molecule has 180 valence electrons. The highest BCUT2D eigenvalue weighted by molar-refractivity contribution is 6.34. The number of carbonyl (C=O) groups is 2. The van der Waals surface area contributed by atoms with Crippen LogP contribution < -0.4 is 5.32 Å². The molecule has 0 spiro atoms. The smallest absolute Gasteiger partial charge is 0.433 e. The highest BCUT2D eigenvalue weighted by Crippen LogP contribution is 2.34. The predicted molar refractivity (Wildman–Crippen MR) is 125 cm³/mol. The van der Waals surface area contributed by atoms with Gasteiger partial charge in [-0.2, -0.15) is 18.4 Å². The van der Waals surface area contributed by atoms with Gasteiger partial charge in [-0.05, 0) is 48.9 Å². The van der Waals surface area contributed by atoms with E-state index in [0.29, 0.717) is 6.07 Å². The Morgan fingerprint density at radius 1 is 1.11 bits per heavy atom. The van der Waals surface area contributed by atoms with Gasteiger partial charge >= 0.3 is 12.1 Å². The summed E-state index contributed by atoms with van der Waals surface area (Å²) in [7, 11) is 0. The zero-order chi connectivity index (χ0) is 25.8. The number of carbonyl (C=O) groups excluding carboxylic acids is 2. The number of anilines is 1. The van der Waals surface area contributed by atoms with Gasteiger partial charge in [0.05, 0.1) is 41.1 Å². The zero-order valence-corrected chi connectivity index (χ0v) is 19.6. The second-order valence-corrected chi connectivity index (χ2v) is 7.92. The highest BCUT2D eigenvalue weighted by atomic mass is 35.5. The summed E-state index contributed by atoms with van der Waals surface area (Å²) in [6.07, 6.45) is -3.86. The topological polar surface area (TPSA) is 92.1 Å². The standard InChI is InChI=1S/C24H16Cl2F3N3O3/c1-2-35-23(34)16-4-3-5-19(26)22(16)32-12-20(33)15-7-6-14(25)9-17(15)18-11-31-21(24(27,28)29)8-13(18)10-30/h3-9,11,32H,2,12H2,1H3. The number of nitrogens with zero attached hydrogens (tertiary/aromatic N) is 2. The van der Waals surface area contributed by atoms with E-state index < -0.39 is 23.6 Å². The molecule has 6 nitrogen and oxygen atoms in total. The van der Waals surface area contributed by atoms with Crippen molar-refractivity contribution in [1.82, 2.24) is 4.98 Å². The van der Waals surface area contributed by atoms with Crippen LogP contribution in [-0.2, 0) is 10.9 Å². The van der Waals surface area contributed by atoms with Crippen molar-refractivity contribution in [3.63, 3.8) is 0 Å². The number of pyridine rings is 1. The number of nitriles is 1. The molecular weight excluding hydrogens is 506 g/mol. The monoisotopic (exact) mass is 521 g/mol. The third-order valence-corrected chi connectivity index (χ3v) is 5.37. The Hall–Kier alpha value is -3.61. The number of nitrogens with one attached hydrogen (secondary N) is 1. The lowest BCUT2D eigenvalue weighted by Gasteiger charge is -2.15. The normalized spacial score (nSPS) is 11.0. The molecule has 1 N–H and O–H groups in total. The molecule has 3 aromatic rings. The second-order valence-electron chi connectivity index (χ2n) is 7.07. The Bertz CT molecular complexity index is 1340. The summed E-state index contributed by atoms with van der Waals surface area (Å²) in [5.74, 6) is -1.14. The van der Waals surface area contributed by atoms with E-state index in [1.807, 2.05) is 0 Å². The maximum atomic E-state index is 13.1. The van der Waals surface area contributed by atoms with Crippen molar-refractivity contribution in [1.29, 1.82) is 5.26 Å². The molecule has 1 heterocycles. The summed E-state index contributed by atoms with van der Waals surface area (Å²) in [6.45, 7) is 1.45. The number of esters is 1. The first-order chi connectivity index (χ1) is 16.6. The molecule has 0 aliphatic carbocycles. The lowest BCUT2D eigenvalue weighted by atomic mass is 9.94. The number of Topliss-reactive ketones (excluding diaryl/α,β-unsaturated/α-hetero) is 1. The van der Waals surface area contributed by atoms with E-state index in [4.69, 9.17) is 27.9 Å². The minimum absolute atomic E-state index is 0.0105. The van der Waals surface area contributed by atoms with Crippen LogP contribution >= 0.6 is 23.2 Å². The van der Waals surface area contributed by atoms with Crippen molar-refractivity contribution >= 4 is 40.6 Å². The van der Waals surface area contributed by atoms with E-state index in [9.17, 15) is 28.0 Å². The van der Waals surface area contributed by atoms with Crippen LogP contribution in [-0.4, -0.2) is 29.9 Å². The molecule has 0 aliphatic heterocycles. The molecule has 3 rings (SSSR count). The minimum Gasteiger partial charge on any atom is -0.462 e. The van der Waals surface area contributed by atoms with Gasteiger partial charge in [0.2, 0.25) is 0 Å². The van der Waals surface area contributed by atoms with E-state index in [1.54, 1.807) is 19.1 Å². The Morgan fingerprint density at radius 2 is 1.86 bits per heavy atom. The number of para-hydroxylation sites is 1. The van der Waals surface area contributed by atoms with Gasteiger partial charge < -0.3 is 10.1 Å². The zero-order valence-electron chi connectivity index (χ0n) is 18.0. The highest BCUT2D eigenvalue weighted by Gasteiger charge is 2.33. The fraction of sp³-hybridized carbons (Fsp3) is 0.167. The van der Waals surface area contributed by atoms with Crippen LogP contribution in [0.3, 0.4) is 0 Å². The molecule has 0 saturated carbocycles. The molecule has 0 atom stereocenters. The van der Waals surface area contributed by atoms with Crippen LogP contribution in [0.5, 0.6) is 0 Å². The molecule has 11 heteroatoms. The number of hydrogen-bond donors (Lipinski definition) is 1. The number of ketones is 1. The summed E-state index contributed by atoms with van der Waals surface area (Å²) in [5, 5.41) is 12.6. The van der Waals surface area contributed by atoms with E-state index in [1.165, 1.54) is 30.3 Å². The number of hydrogen-bond acceptors (Lipinski definition) is 6. The van der Waals surface area contributed by atoms with Crippen LogP contribution in [0.25, 0.3) is 11.1 Å². The quantitative estimate of drug-likeness (QED) is 0.285. The van der Waals surface area contributed by atoms with Gasteiger partial charge in [0, 0.05) is 22.3 Å². The van der Waals surface area contributed by atoms with Crippen LogP contribution in [0.4, 0.5) is 18.9 Å². The largest absolute Gasteiger partial charge is 0.462 e. The molecule has 1 aromatic heterocycles. The maximum Gasteiger partial charge on any atom is 0.433 e. The summed E-state index contributed by atoms with van der Waals surface area (Å²) in [4.78, 5) is 28.8. The first-order valence-corrected chi connectivity index (χ1v) is 10.8. The van der Waals surface area contributed by atoms with Gasteiger partial charge in [0.15, 0.2) is 5.78 Å². The fourth-order valence-electron chi connectivity index (χ4n) is 3.25. The van der Waals surface area contributed by atoms with Crippen LogP contribution in [0.1, 0.15) is 38.9 Å². The molecule has 35 heavy (non-hydrogen) atoms. The molecule has 0 radical (unpaired) electrons. The number of alkyl halides is 3. The first kappa shape index (κ1) is 26.0. The van der Waals surface area contributed by atoms with Gasteiger partial charge in [-0.15, -0.1) is 0 Å². The van der Waals surface area contributed by atoms with E-state index >= 15 is 0 Å². The SMILES string of the molecule is CCOC(=O)c1cccc(Cl)c1NCC(=O)c1ccc(Cl)cc1-c1cnc(C(F)(F)F)cc1C#N. The van der Waals surface area contributed by atoms with Crippen molar-refractivity contribution in [2.75, 3.05) is 18.5 Å². The Labute approximate surface area is 208 Å². The van der Waals surface area contributed by atoms with Crippen molar-refractivity contribution in [2.24, 2.45) is 0 Å². The number of benzene rings is 2. The van der Waals surface area contributed by atoms with Gasteiger partial charge in [0.25, 0.3) is 0 Å². The average Bonchev–Trinajstić information content (AvgIpc) is 2.82. The van der Waals surface area contributed by atoms with Gasteiger partial charge in [-0.25, -0.2) is 4.79 Å². The Balaban J connectivity index is 1.98. The lowest BCUT2D eigenvalue weighted by Crippen LogP contribution is -2.18. The van der Waals surface area contributed by atoms with E-state index in [2.05, 4.69) is 10.3 Å².